The lowest BCUT2D eigenvalue weighted by Crippen LogP contribution is -2.15. The fraction of sp³-hybridized carbons (Fsp3) is 0.0909. The summed E-state index contributed by atoms with van der Waals surface area (Å²) in [7, 11) is 0. The minimum Gasteiger partial charge on any atom is -0.439 e. The molecule has 0 radical (unpaired) electrons. The third kappa shape index (κ3) is 5.26. The van der Waals surface area contributed by atoms with Crippen LogP contribution >= 0.6 is 22.9 Å². The van der Waals surface area contributed by atoms with E-state index < -0.39 is 22.7 Å². The number of ether oxygens (including phenoxy) is 1. The molecule has 7 nitrogen and oxygen atoms in total. The Morgan fingerprint density at radius 2 is 1.79 bits per heavy atom. The first-order valence-electron chi connectivity index (χ1n) is 9.60. The molecule has 0 spiro atoms. The van der Waals surface area contributed by atoms with Gasteiger partial charge in [-0.2, -0.15) is 13.2 Å². The average Bonchev–Trinajstić information content (AvgIpc) is 3.14. The molecule has 0 bridgehead atoms. The van der Waals surface area contributed by atoms with E-state index in [1.54, 1.807) is 30.3 Å². The van der Waals surface area contributed by atoms with Gasteiger partial charge in [0.1, 0.15) is 16.1 Å². The molecule has 0 fully saturated rings. The quantitative estimate of drug-likeness (QED) is 0.328. The zero-order valence-electron chi connectivity index (χ0n) is 17.2. The predicted octanol–water partition coefficient (Wildman–Crippen LogP) is 6.37. The SMILES string of the molecule is CC(=O)Nc1nc2ccc(Oc3cccc(NC(=O)c4cccc(C(F)(F)F)c4Cl)c3)nc2s1. The van der Waals surface area contributed by atoms with E-state index in [-0.39, 0.29) is 23.0 Å². The van der Waals surface area contributed by atoms with Crippen molar-refractivity contribution in [1.82, 2.24) is 9.97 Å². The average molecular weight is 507 g/mol. The number of benzene rings is 2. The van der Waals surface area contributed by atoms with Gasteiger partial charge in [0.2, 0.25) is 11.8 Å². The summed E-state index contributed by atoms with van der Waals surface area (Å²) in [6.45, 7) is 1.38. The van der Waals surface area contributed by atoms with Crippen LogP contribution in [0.25, 0.3) is 10.3 Å². The summed E-state index contributed by atoms with van der Waals surface area (Å²) < 4.78 is 45.0. The number of pyridine rings is 1. The standard InChI is InChI=1S/C22H14ClF3N4O3S/c1-11(31)27-21-29-16-8-9-17(30-20(16)34-21)33-13-5-2-4-12(10-13)28-19(32)14-6-3-7-15(18(14)23)22(24,25)26/h2-10H,1H3,(H,28,32)(H,27,29,31). The number of carbonyl (C=O) groups excluding carboxylic acids is 2. The topological polar surface area (TPSA) is 93.2 Å². The molecule has 0 saturated heterocycles. The van der Waals surface area contributed by atoms with Crippen molar-refractivity contribution in [3.8, 4) is 11.6 Å². The molecule has 0 unspecified atom stereocenters. The molecule has 2 N–H and O–H groups in total. The molecule has 2 aromatic heterocycles. The number of rotatable bonds is 5. The maximum absolute atomic E-state index is 13.1. The van der Waals surface area contributed by atoms with E-state index in [2.05, 4.69) is 20.6 Å². The van der Waals surface area contributed by atoms with Crippen molar-refractivity contribution < 1.29 is 27.5 Å². The van der Waals surface area contributed by atoms with Gasteiger partial charge in [-0.1, -0.05) is 35.1 Å². The molecule has 4 aromatic rings. The maximum atomic E-state index is 13.1. The number of aromatic nitrogens is 2. The summed E-state index contributed by atoms with van der Waals surface area (Å²) >= 11 is 7.01. The number of fused-ring (bicyclic) bond motifs is 1. The first-order chi connectivity index (χ1) is 16.1. The highest BCUT2D eigenvalue weighted by atomic mass is 35.5. The van der Waals surface area contributed by atoms with E-state index in [1.807, 2.05) is 0 Å². The number of hydrogen-bond donors (Lipinski definition) is 2. The monoisotopic (exact) mass is 506 g/mol. The largest absolute Gasteiger partial charge is 0.439 e. The second-order valence-electron chi connectivity index (χ2n) is 6.92. The Morgan fingerprint density at radius 3 is 2.53 bits per heavy atom. The van der Waals surface area contributed by atoms with Crippen LogP contribution in [0.1, 0.15) is 22.8 Å². The minimum atomic E-state index is -4.68. The number of carbonyl (C=O) groups is 2. The molecular weight excluding hydrogens is 493 g/mol. The minimum absolute atomic E-state index is 0.245. The van der Waals surface area contributed by atoms with Crippen LogP contribution in [0.15, 0.2) is 54.6 Å². The van der Waals surface area contributed by atoms with Crippen LogP contribution in [0.4, 0.5) is 24.0 Å². The summed E-state index contributed by atoms with van der Waals surface area (Å²) in [6.07, 6.45) is -4.68. The van der Waals surface area contributed by atoms with Crippen molar-refractivity contribution in [3.05, 3.63) is 70.7 Å². The van der Waals surface area contributed by atoms with Crippen LogP contribution in [0, 0.1) is 0 Å². The summed E-state index contributed by atoms with van der Waals surface area (Å²) in [5.74, 6) is -0.481. The van der Waals surface area contributed by atoms with Crippen molar-refractivity contribution in [3.63, 3.8) is 0 Å². The van der Waals surface area contributed by atoms with Crippen molar-refractivity contribution in [2.45, 2.75) is 13.1 Å². The van der Waals surface area contributed by atoms with Gasteiger partial charge in [-0.25, -0.2) is 9.97 Å². The number of thiazole rings is 1. The number of anilines is 2. The number of amides is 2. The van der Waals surface area contributed by atoms with Gasteiger partial charge < -0.3 is 15.4 Å². The first-order valence-corrected chi connectivity index (χ1v) is 10.8. The molecule has 12 heteroatoms. The van der Waals surface area contributed by atoms with Crippen LogP contribution in [0.2, 0.25) is 5.02 Å². The van der Waals surface area contributed by atoms with Gasteiger partial charge >= 0.3 is 6.18 Å². The number of nitrogens with zero attached hydrogens (tertiary/aromatic N) is 2. The molecule has 2 heterocycles. The van der Waals surface area contributed by atoms with E-state index in [0.717, 1.165) is 12.1 Å². The van der Waals surface area contributed by atoms with Crippen LogP contribution in [0.5, 0.6) is 11.6 Å². The fourth-order valence-corrected chi connectivity index (χ4v) is 4.14. The normalized spacial score (nSPS) is 11.3. The van der Waals surface area contributed by atoms with Gasteiger partial charge in [0, 0.05) is 24.7 Å². The first kappa shape index (κ1) is 23.5. The van der Waals surface area contributed by atoms with Crippen molar-refractivity contribution in [2.24, 2.45) is 0 Å². The second kappa shape index (κ2) is 9.27. The highest BCUT2D eigenvalue weighted by Gasteiger charge is 2.34. The molecule has 0 aliphatic rings. The molecule has 34 heavy (non-hydrogen) atoms. The van der Waals surface area contributed by atoms with Gasteiger partial charge in [0.15, 0.2) is 5.13 Å². The highest BCUT2D eigenvalue weighted by molar-refractivity contribution is 7.21. The molecule has 2 amide bonds. The van der Waals surface area contributed by atoms with Crippen LogP contribution in [-0.2, 0) is 11.0 Å². The van der Waals surface area contributed by atoms with E-state index in [0.29, 0.717) is 21.2 Å². The van der Waals surface area contributed by atoms with Crippen LogP contribution in [-0.4, -0.2) is 21.8 Å². The van der Waals surface area contributed by atoms with Crippen molar-refractivity contribution in [2.75, 3.05) is 10.6 Å². The maximum Gasteiger partial charge on any atom is 0.417 e. The number of nitrogens with one attached hydrogen (secondary N) is 2. The Balaban J connectivity index is 1.51. The Bertz CT molecular complexity index is 1410. The third-order valence-corrected chi connectivity index (χ3v) is 5.66. The molecule has 0 saturated carbocycles. The van der Waals surface area contributed by atoms with Gasteiger partial charge in [-0.05, 0) is 30.3 Å². The summed E-state index contributed by atoms with van der Waals surface area (Å²) in [6, 6.07) is 12.6. The van der Waals surface area contributed by atoms with Gasteiger partial charge in [-0.15, -0.1) is 0 Å². The lowest BCUT2D eigenvalue weighted by Gasteiger charge is -2.13. The molecule has 2 aromatic carbocycles. The van der Waals surface area contributed by atoms with Crippen LogP contribution in [0.3, 0.4) is 0 Å². The van der Waals surface area contributed by atoms with E-state index in [4.69, 9.17) is 16.3 Å². The van der Waals surface area contributed by atoms with E-state index >= 15 is 0 Å². The Hall–Kier alpha value is -3.70. The van der Waals surface area contributed by atoms with Gasteiger partial charge in [0.25, 0.3) is 5.91 Å². The molecular formula is C22H14ClF3N4O3S. The van der Waals surface area contributed by atoms with E-state index in [1.165, 1.54) is 30.4 Å². The molecule has 0 atom stereocenters. The molecule has 4 rings (SSSR count). The van der Waals surface area contributed by atoms with Gasteiger partial charge in [-0.3, -0.25) is 9.59 Å². The van der Waals surface area contributed by atoms with E-state index in [9.17, 15) is 22.8 Å². The Morgan fingerprint density at radius 1 is 1.03 bits per heavy atom. The highest BCUT2D eigenvalue weighted by Crippen LogP contribution is 2.36. The third-order valence-electron chi connectivity index (χ3n) is 4.38. The lowest BCUT2D eigenvalue weighted by atomic mass is 10.1. The summed E-state index contributed by atoms with van der Waals surface area (Å²) in [5.41, 5.74) is -0.539. The van der Waals surface area contributed by atoms with Gasteiger partial charge in [0.05, 0.1) is 16.1 Å². The second-order valence-corrected chi connectivity index (χ2v) is 8.28. The number of halogens is 4. The Labute approximate surface area is 199 Å². The molecule has 0 aliphatic carbocycles. The predicted molar refractivity (Wildman–Crippen MR) is 123 cm³/mol. The number of hydrogen-bond acceptors (Lipinski definition) is 6. The van der Waals surface area contributed by atoms with Crippen molar-refractivity contribution in [1.29, 1.82) is 0 Å². The zero-order valence-corrected chi connectivity index (χ0v) is 18.8. The lowest BCUT2D eigenvalue weighted by molar-refractivity contribution is -0.137. The molecule has 0 aliphatic heterocycles. The smallest absolute Gasteiger partial charge is 0.417 e. The summed E-state index contributed by atoms with van der Waals surface area (Å²) in [5, 5.41) is 4.84. The van der Waals surface area contributed by atoms with Crippen molar-refractivity contribution >= 4 is 55.9 Å². The molecule has 174 valence electrons. The van der Waals surface area contributed by atoms with Crippen LogP contribution < -0.4 is 15.4 Å². The zero-order chi connectivity index (χ0) is 24.5. The fourth-order valence-electron chi connectivity index (χ4n) is 2.94. The summed E-state index contributed by atoms with van der Waals surface area (Å²) in [4.78, 5) is 32.9. The Kier molecular flexibility index (Phi) is 6.40. The number of alkyl halides is 3.